The van der Waals surface area contributed by atoms with Gasteiger partial charge >= 0.3 is 0 Å². The molecule has 1 fully saturated rings. The van der Waals surface area contributed by atoms with Crippen LogP contribution in [0.25, 0.3) is 0 Å². The molecule has 0 bridgehead atoms. The van der Waals surface area contributed by atoms with E-state index in [0.717, 1.165) is 22.1 Å². The SMILES string of the molecule is Clc1ccccc1CNc1cc(C2CC2)ncn1. The van der Waals surface area contributed by atoms with Crippen molar-refractivity contribution < 1.29 is 0 Å². The molecule has 0 amide bonds. The first-order valence-electron chi connectivity index (χ1n) is 6.12. The molecule has 1 aliphatic carbocycles. The maximum Gasteiger partial charge on any atom is 0.129 e. The Morgan fingerprint density at radius 2 is 2.06 bits per heavy atom. The number of rotatable bonds is 4. The predicted octanol–water partition coefficient (Wildman–Crippen LogP) is 3.62. The molecule has 18 heavy (non-hydrogen) atoms. The van der Waals surface area contributed by atoms with Crippen molar-refractivity contribution in [1.82, 2.24) is 9.97 Å². The minimum Gasteiger partial charge on any atom is -0.366 e. The van der Waals surface area contributed by atoms with Crippen molar-refractivity contribution >= 4 is 17.4 Å². The Labute approximate surface area is 111 Å². The Balaban J connectivity index is 1.69. The van der Waals surface area contributed by atoms with Gasteiger partial charge in [0.25, 0.3) is 0 Å². The van der Waals surface area contributed by atoms with E-state index < -0.39 is 0 Å². The summed E-state index contributed by atoms with van der Waals surface area (Å²) in [5.74, 6) is 1.51. The number of halogens is 1. The summed E-state index contributed by atoms with van der Waals surface area (Å²) in [5.41, 5.74) is 2.22. The fraction of sp³-hybridized carbons (Fsp3) is 0.286. The van der Waals surface area contributed by atoms with Crippen LogP contribution in [0.4, 0.5) is 5.82 Å². The molecule has 1 heterocycles. The molecular formula is C14H14ClN3. The predicted molar refractivity (Wildman–Crippen MR) is 72.8 cm³/mol. The molecule has 3 nitrogen and oxygen atoms in total. The van der Waals surface area contributed by atoms with Crippen LogP contribution >= 0.6 is 11.6 Å². The molecule has 1 saturated carbocycles. The summed E-state index contributed by atoms with van der Waals surface area (Å²) in [7, 11) is 0. The Morgan fingerprint density at radius 1 is 1.22 bits per heavy atom. The molecule has 0 unspecified atom stereocenters. The number of anilines is 1. The van der Waals surface area contributed by atoms with Crippen LogP contribution in [0.3, 0.4) is 0 Å². The van der Waals surface area contributed by atoms with Crippen molar-refractivity contribution in [3.63, 3.8) is 0 Å². The lowest BCUT2D eigenvalue weighted by atomic mass is 10.2. The Morgan fingerprint density at radius 3 is 2.83 bits per heavy atom. The highest BCUT2D eigenvalue weighted by atomic mass is 35.5. The summed E-state index contributed by atoms with van der Waals surface area (Å²) in [6, 6.07) is 9.86. The van der Waals surface area contributed by atoms with Crippen molar-refractivity contribution in [1.29, 1.82) is 0 Å². The van der Waals surface area contributed by atoms with Crippen molar-refractivity contribution in [2.24, 2.45) is 0 Å². The number of aromatic nitrogens is 2. The number of nitrogens with one attached hydrogen (secondary N) is 1. The minimum absolute atomic E-state index is 0.647. The van der Waals surface area contributed by atoms with Gasteiger partial charge in [0.2, 0.25) is 0 Å². The van der Waals surface area contributed by atoms with E-state index in [1.165, 1.54) is 12.8 Å². The summed E-state index contributed by atoms with van der Waals surface area (Å²) in [4.78, 5) is 8.53. The second-order valence-electron chi connectivity index (χ2n) is 4.55. The summed E-state index contributed by atoms with van der Waals surface area (Å²) >= 11 is 6.11. The van der Waals surface area contributed by atoms with E-state index in [1.54, 1.807) is 6.33 Å². The molecule has 1 aromatic heterocycles. The van der Waals surface area contributed by atoms with E-state index in [0.29, 0.717) is 12.5 Å². The summed E-state index contributed by atoms with van der Waals surface area (Å²) < 4.78 is 0. The fourth-order valence-corrected chi connectivity index (χ4v) is 2.10. The highest BCUT2D eigenvalue weighted by Crippen LogP contribution is 2.39. The van der Waals surface area contributed by atoms with E-state index in [1.807, 2.05) is 30.3 Å². The number of benzene rings is 1. The van der Waals surface area contributed by atoms with E-state index in [9.17, 15) is 0 Å². The van der Waals surface area contributed by atoms with Gasteiger partial charge < -0.3 is 5.32 Å². The van der Waals surface area contributed by atoms with E-state index in [2.05, 4.69) is 15.3 Å². The van der Waals surface area contributed by atoms with Crippen molar-refractivity contribution in [2.45, 2.75) is 25.3 Å². The maximum atomic E-state index is 6.11. The normalized spacial score (nSPS) is 14.5. The third kappa shape index (κ3) is 2.62. The van der Waals surface area contributed by atoms with Gasteiger partial charge in [0.05, 0.1) is 0 Å². The van der Waals surface area contributed by atoms with Crippen LogP contribution in [0.1, 0.15) is 30.0 Å². The zero-order chi connectivity index (χ0) is 12.4. The van der Waals surface area contributed by atoms with Gasteiger partial charge in [-0.2, -0.15) is 0 Å². The first kappa shape index (κ1) is 11.5. The topological polar surface area (TPSA) is 37.8 Å². The second-order valence-corrected chi connectivity index (χ2v) is 4.95. The molecular weight excluding hydrogens is 246 g/mol. The van der Waals surface area contributed by atoms with Gasteiger partial charge in [0.1, 0.15) is 12.1 Å². The van der Waals surface area contributed by atoms with Crippen molar-refractivity contribution in [2.75, 3.05) is 5.32 Å². The molecule has 92 valence electrons. The van der Waals surface area contributed by atoms with Gasteiger partial charge in [-0.25, -0.2) is 9.97 Å². The fourth-order valence-electron chi connectivity index (χ4n) is 1.90. The van der Waals surface area contributed by atoms with Gasteiger partial charge in [-0.05, 0) is 24.5 Å². The first-order valence-corrected chi connectivity index (χ1v) is 6.50. The lowest BCUT2D eigenvalue weighted by molar-refractivity contribution is 0.977. The molecule has 3 rings (SSSR count). The average molecular weight is 260 g/mol. The lowest BCUT2D eigenvalue weighted by Crippen LogP contribution is -2.03. The Kier molecular flexibility index (Phi) is 3.15. The summed E-state index contributed by atoms with van der Waals surface area (Å²) in [6.07, 6.45) is 4.13. The van der Waals surface area contributed by atoms with Crippen LogP contribution in [0.2, 0.25) is 5.02 Å². The van der Waals surface area contributed by atoms with Crippen LogP contribution in [0.5, 0.6) is 0 Å². The Hall–Kier alpha value is -1.61. The first-order chi connectivity index (χ1) is 8.83. The van der Waals surface area contributed by atoms with Crippen LogP contribution in [-0.4, -0.2) is 9.97 Å². The molecule has 1 aromatic carbocycles. The molecule has 2 aromatic rings. The smallest absolute Gasteiger partial charge is 0.129 e. The number of hydrogen-bond acceptors (Lipinski definition) is 3. The van der Waals surface area contributed by atoms with Crippen LogP contribution in [0.15, 0.2) is 36.7 Å². The largest absolute Gasteiger partial charge is 0.366 e. The van der Waals surface area contributed by atoms with Gasteiger partial charge in [-0.15, -0.1) is 0 Å². The van der Waals surface area contributed by atoms with E-state index >= 15 is 0 Å². The van der Waals surface area contributed by atoms with Gasteiger partial charge in [0, 0.05) is 29.2 Å². The second kappa shape index (κ2) is 4.94. The molecule has 0 aliphatic heterocycles. The van der Waals surface area contributed by atoms with Crippen LogP contribution in [0, 0.1) is 0 Å². The van der Waals surface area contributed by atoms with Crippen LogP contribution < -0.4 is 5.32 Å². The average Bonchev–Trinajstić information content (AvgIpc) is 3.23. The van der Waals surface area contributed by atoms with Gasteiger partial charge in [-0.1, -0.05) is 29.8 Å². The summed E-state index contributed by atoms with van der Waals surface area (Å²) in [5, 5.41) is 4.07. The van der Waals surface area contributed by atoms with Crippen molar-refractivity contribution in [3.8, 4) is 0 Å². The number of nitrogens with zero attached hydrogens (tertiary/aromatic N) is 2. The van der Waals surface area contributed by atoms with E-state index in [4.69, 9.17) is 11.6 Å². The van der Waals surface area contributed by atoms with Crippen molar-refractivity contribution in [3.05, 3.63) is 52.9 Å². The quantitative estimate of drug-likeness (QED) is 0.911. The highest BCUT2D eigenvalue weighted by molar-refractivity contribution is 6.31. The van der Waals surface area contributed by atoms with Gasteiger partial charge in [0.15, 0.2) is 0 Å². The lowest BCUT2D eigenvalue weighted by Gasteiger charge is -2.07. The molecule has 1 aliphatic rings. The van der Waals surface area contributed by atoms with Gasteiger partial charge in [-0.3, -0.25) is 0 Å². The standard InChI is InChI=1S/C14H14ClN3/c15-12-4-2-1-3-11(12)8-16-14-7-13(10-5-6-10)17-9-18-14/h1-4,7,9-10H,5-6,8H2,(H,16,17,18). The summed E-state index contributed by atoms with van der Waals surface area (Å²) in [6.45, 7) is 0.681. The molecule has 4 heteroatoms. The molecule has 0 spiro atoms. The zero-order valence-corrected chi connectivity index (χ0v) is 10.7. The third-order valence-corrected chi connectivity index (χ3v) is 3.47. The highest BCUT2D eigenvalue weighted by Gasteiger charge is 2.25. The number of hydrogen-bond donors (Lipinski definition) is 1. The van der Waals surface area contributed by atoms with Crippen LogP contribution in [-0.2, 0) is 6.54 Å². The molecule has 1 N–H and O–H groups in total. The molecule has 0 radical (unpaired) electrons. The van der Waals surface area contributed by atoms with E-state index in [-0.39, 0.29) is 0 Å². The third-order valence-electron chi connectivity index (χ3n) is 3.10. The maximum absolute atomic E-state index is 6.11. The molecule has 0 saturated heterocycles. The zero-order valence-electron chi connectivity index (χ0n) is 9.94. The minimum atomic E-state index is 0.647. The monoisotopic (exact) mass is 259 g/mol. The molecule has 0 atom stereocenters. The Bertz CT molecular complexity index is 552.